The van der Waals surface area contributed by atoms with Crippen molar-refractivity contribution in [2.75, 3.05) is 0 Å². The molecule has 2 nitrogen and oxygen atoms in total. The topological polar surface area (TPSA) is 22.1 Å². The normalized spacial score (nSPS) is 10.7. The van der Waals surface area contributed by atoms with Crippen LogP contribution in [0.15, 0.2) is 48.7 Å². The first-order valence-corrected chi connectivity index (χ1v) is 5.38. The average Bonchev–Trinajstić information content (AvgIpc) is 2.37. The molecule has 1 heterocycles. The van der Waals surface area contributed by atoms with Gasteiger partial charge in [0.15, 0.2) is 0 Å². The van der Waals surface area contributed by atoms with Gasteiger partial charge in [-0.2, -0.15) is 0 Å². The smallest absolute Gasteiger partial charge is 0.487 e. The molecule has 0 saturated heterocycles. The van der Waals surface area contributed by atoms with Gasteiger partial charge in [0, 0.05) is 6.20 Å². The minimum absolute atomic E-state index is 0. The van der Waals surface area contributed by atoms with Gasteiger partial charge in [-0.3, -0.25) is 4.98 Å². The van der Waals surface area contributed by atoms with Gasteiger partial charge in [-0.1, -0.05) is 18.2 Å². The second-order valence-electron chi connectivity index (χ2n) is 3.75. The first-order valence-electron chi connectivity index (χ1n) is 5.38. The maximum absolute atomic E-state index is 12.4. The van der Waals surface area contributed by atoms with Gasteiger partial charge in [0.1, 0.15) is 12.4 Å². The van der Waals surface area contributed by atoms with Gasteiger partial charge in [-0.15, -0.1) is 5.46 Å². The van der Waals surface area contributed by atoms with Crippen molar-refractivity contribution in [1.29, 1.82) is 0 Å². The maximum Gasteiger partial charge on any atom is 1.00 e. The van der Waals surface area contributed by atoms with E-state index in [1.807, 2.05) is 6.07 Å². The van der Waals surface area contributed by atoms with Gasteiger partial charge < -0.3 is 17.7 Å². The summed E-state index contributed by atoms with van der Waals surface area (Å²) in [7, 11) is 0. The Morgan fingerprint density at radius 1 is 1.00 bits per heavy atom. The molecule has 0 bridgehead atoms. The summed E-state index contributed by atoms with van der Waals surface area (Å²) in [4.78, 5) is 4.05. The molecule has 2 aromatic rings. The van der Waals surface area contributed by atoms with E-state index >= 15 is 0 Å². The van der Waals surface area contributed by atoms with Crippen molar-refractivity contribution < 1.29 is 69.1 Å². The summed E-state index contributed by atoms with van der Waals surface area (Å²) in [6, 6.07) is 10.1. The largest absolute Gasteiger partial charge is 1.00 e. The Balaban J connectivity index is 0.00000180. The summed E-state index contributed by atoms with van der Waals surface area (Å²) < 4.78 is 42.5. The quantitative estimate of drug-likeness (QED) is 0.723. The molecule has 94 valence electrons. The van der Waals surface area contributed by atoms with E-state index in [1.165, 1.54) is 12.1 Å². The van der Waals surface area contributed by atoms with Crippen molar-refractivity contribution in [2.24, 2.45) is 0 Å². The van der Waals surface area contributed by atoms with Crippen LogP contribution in [0.1, 0.15) is 5.69 Å². The zero-order chi connectivity index (χ0) is 13.0. The minimum Gasteiger partial charge on any atom is -0.487 e. The number of hydrogen-bond acceptors (Lipinski definition) is 2. The van der Waals surface area contributed by atoms with Gasteiger partial charge in [-0.05, 0) is 24.3 Å². The van der Waals surface area contributed by atoms with Crippen molar-refractivity contribution in [3.05, 3.63) is 54.4 Å². The Hall–Kier alpha value is -0.339. The van der Waals surface area contributed by atoms with Crippen LogP contribution in [0.3, 0.4) is 0 Å². The van der Waals surface area contributed by atoms with Crippen LogP contribution < -0.4 is 61.6 Å². The molecule has 0 aliphatic rings. The Labute approximate surface area is 151 Å². The molecule has 0 amide bonds. The molecule has 7 heteroatoms. The van der Waals surface area contributed by atoms with Crippen LogP contribution in [0, 0.1) is 0 Å². The number of rotatable bonds is 4. The summed E-state index contributed by atoms with van der Waals surface area (Å²) in [5.74, 6) is 0.393. The van der Waals surface area contributed by atoms with Gasteiger partial charge in [0.25, 0.3) is 0 Å². The third-order valence-electron chi connectivity index (χ3n) is 2.37. The zero-order valence-electron chi connectivity index (χ0n) is 10.4. The molecule has 0 aliphatic carbocycles. The number of aromatic nitrogens is 1. The fourth-order valence-electron chi connectivity index (χ4n) is 1.42. The van der Waals surface area contributed by atoms with Crippen molar-refractivity contribution >= 4 is 12.4 Å². The van der Waals surface area contributed by atoms with Gasteiger partial charge in [0.05, 0.1) is 5.69 Å². The van der Waals surface area contributed by atoms with E-state index in [4.69, 9.17) is 4.74 Å². The molecule has 19 heavy (non-hydrogen) atoms. The standard InChI is InChI=1S/C12H10BF3NO.K/c14-13(15,16)10-4-6-12(7-5-10)18-9-11-3-1-2-8-17-11;/h1-8H,9H2;/q-1;+1. The number of benzene rings is 1. The van der Waals surface area contributed by atoms with E-state index in [-0.39, 0.29) is 58.0 Å². The van der Waals surface area contributed by atoms with E-state index in [0.29, 0.717) is 5.75 Å². The first kappa shape index (κ1) is 16.7. The van der Waals surface area contributed by atoms with E-state index in [9.17, 15) is 12.9 Å². The number of hydrogen-bond donors (Lipinski definition) is 0. The molecular weight excluding hydrogens is 281 g/mol. The molecule has 2 rings (SSSR count). The Kier molecular flexibility index (Phi) is 6.55. The molecule has 1 aromatic heterocycles. The molecule has 0 fully saturated rings. The average molecular weight is 291 g/mol. The molecule has 0 N–H and O–H groups in total. The van der Waals surface area contributed by atoms with Crippen LogP contribution in [-0.4, -0.2) is 12.0 Å². The Morgan fingerprint density at radius 3 is 2.21 bits per heavy atom. The van der Waals surface area contributed by atoms with E-state index in [1.54, 1.807) is 18.3 Å². The predicted molar refractivity (Wildman–Crippen MR) is 63.7 cm³/mol. The molecule has 0 radical (unpaired) electrons. The molecule has 0 saturated carbocycles. The van der Waals surface area contributed by atoms with Gasteiger partial charge >= 0.3 is 58.4 Å². The van der Waals surface area contributed by atoms with E-state index in [0.717, 1.165) is 17.8 Å². The van der Waals surface area contributed by atoms with Crippen molar-refractivity contribution in [3.63, 3.8) is 0 Å². The van der Waals surface area contributed by atoms with Gasteiger partial charge in [0.2, 0.25) is 0 Å². The molecule has 0 atom stereocenters. The van der Waals surface area contributed by atoms with Crippen LogP contribution >= 0.6 is 0 Å². The van der Waals surface area contributed by atoms with Crippen molar-refractivity contribution in [1.82, 2.24) is 4.98 Å². The van der Waals surface area contributed by atoms with Gasteiger partial charge in [-0.25, -0.2) is 0 Å². The van der Waals surface area contributed by atoms with E-state index < -0.39 is 12.4 Å². The Bertz CT molecular complexity index is 505. The third kappa shape index (κ3) is 5.27. The number of ether oxygens (including phenoxy) is 1. The molecule has 0 spiro atoms. The molecular formula is C12H10BF3KNO. The summed E-state index contributed by atoms with van der Waals surface area (Å²) in [5, 5.41) is 0. The third-order valence-corrected chi connectivity index (χ3v) is 2.37. The van der Waals surface area contributed by atoms with Crippen molar-refractivity contribution in [3.8, 4) is 5.75 Å². The monoisotopic (exact) mass is 291 g/mol. The summed E-state index contributed by atoms with van der Waals surface area (Å²) in [6.07, 6.45) is 1.63. The second kappa shape index (κ2) is 7.45. The molecule has 0 aliphatic heterocycles. The fourth-order valence-corrected chi connectivity index (χ4v) is 1.42. The number of pyridine rings is 1. The van der Waals surface area contributed by atoms with Crippen LogP contribution in [0.25, 0.3) is 0 Å². The fraction of sp³-hybridized carbons (Fsp3) is 0.0833. The van der Waals surface area contributed by atoms with Crippen LogP contribution in [0.4, 0.5) is 12.9 Å². The summed E-state index contributed by atoms with van der Waals surface area (Å²) in [5.41, 5.74) is 0.0989. The Morgan fingerprint density at radius 2 is 1.68 bits per heavy atom. The summed E-state index contributed by atoms with van der Waals surface area (Å²) >= 11 is 0. The van der Waals surface area contributed by atoms with Crippen LogP contribution in [0.5, 0.6) is 5.75 Å². The first-order chi connectivity index (χ1) is 8.55. The number of halogens is 3. The second-order valence-corrected chi connectivity index (χ2v) is 3.75. The maximum atomic E-state index is 12.4. The SMILES string of the molecule is F[B-](F)(F)c1ccc(OCc2ccccn2)cc1.[K+]. The number of nitrogens with zero attached hydrogens (tertiary/aromatic N) is 1. The summed E-state index contributed by atoms with van der Waals surface area (Å²) in [6.45, 7) is -4.71. The van der Waals surface area contributed by atoms with Crippen molar-refractivity contribution in [2.45, 2.75) is 6.61 Å². The van der Waals surface area contributed by atoms with Crippen LogP contribution in [0.2, 0.25) is 0 Å². The minimum atomic E-state index is -4.95. The predicted octanol–water partition coefficient (Wildman–Crippen LogP) is -0.281. The molecule has 1 aromatic carbocycles. The van der Waals surface area contributed by atoms with E-state index in [2.05, 4.69) is 4.98 Å². The molecule has 0 unspecified atom stereocenters. The van der Waals surface area contributed by atoms with Crippen LogP contribution in [-0.2, 0) is 6.61 Å². The zero-order valence-corrected chi connectivity index (χ0v) is 13.5.